The molecule has 1 fully saturated rings. The summed E-state index contributed by atoms with van der Waals surface area (Å²) in [5, 5.41) is -1.02. The summed E-state index contributed by atoms with van der Waals surface area (Å²) in [6, 6.07) is 0. The van der Waals surface area contributed by atoms with Gasteiger partial charge in [0, 0.05) is 19.3 Å². The highest BCUT2D eigenvalue weighted by Crippen LogP contribution is 2.20. The summed E-state index contributed by atoms with van der Waals surface area (Å²) in [7, 11) is -3.37. The summed E-state index contributed by atoms with van der Waals surface area (Å²) in [5.74, 6) is -0.798. The van der Waals surface area contributed by atoms with Crippen LogP contribution in [0.25, 0.3) is 0 Å². The summed E-state index contributed by atoms with van der Waals surface area (Å²) in [6.45, 7) is 4.31. The number of nitrogens with zero attached hydrogens (tertiary/aromatic N) is 1. The topological polar surface area (TPSA) is 80.8 Å². The minimum absolute atomic E-state index is 0.183. The van der Waals surface area contributed by atoms with Crippen molar-refractivity contribution in [2.75, 3.05) is 26.0 Å². The Hall–Kier alpha value is -1.11. The third-order valence-corrected chi connectivity index (χ3v) is 4.90. The van der Waals surface area contributed by atoms with Gasteiger partial charge >= 0.3 is 5.97 Å². The average Bonchev–Trinajstić information content (AvgIpc) is 2.36. The number of likely N-dealkylation sites (tertiary alicyclic amines) is 1. The average molecular weight is 291 g/mol. The van der Waals surface area contributed by atoms with Crippen LogP contribution in [0.2, 0.25) is 0 Å². The number of hydrogen-bond donors (Lipinski definition) is 0. The summed E-state index contributed by atoms with van der Waals surface area (Å²) in [6.07, 6.45) is 2.11. The van der Waals surface area contributed by atoms with Crippen LogP contribution in [0.3, 0.4) is 0 Å². The molecule has 7 heteroatoms. The largest absolute Gasteiger partial charge is 0.466 e. The summed E-state index contributed by atoms with van der Waals surface area (Å²) >= 11 is 0. The molecule has 0 N–H and O–H groups in total. The van der Waals surface area contributed by atoms with Crippen LogP contribution >= 0.6 is 0 Å². The van der Waals surface area contributed by atoms with E-state index in [0.29, 0.717) is 32.5 Å². The third-order valence-electron chi connectivity index (χ3n) is 3.42. The molecule has 0 aromatic heterocycles. The molecule has 0 aromatic rings. The molecular formula is C12H21NO5S. The maximum atomic E-state index is 12.0. The molecule has 1 aliphatic heterocycles. The molecule has 1 atom stereocenters. The molecule has 0 aromatic carbocycles. The second-order valence-electron chi connectivity index (χ2n) is 4.82. The van der Waals surface area contributed by atoms with Crippen molar-refractivity contribution in [3.63, 3.8) is 0 Å². The smallest absolute Gasteiger partial charge is 0.309 e. The molecule has 1 unspecified atom stereocenters. The molecule has 0 radical (unpaired) electrons. The van der Waals surface area contributed by atoms with Crippen LogP contribution in [0, 0.1) is 5.92 Å². The van der Waals surface area contributed by atoms with Crippen LogP contribution in [-0.2, 0) is 24.2 Å². The van der Waals surface area contributed by atoms with Gasteiger partial charge in [0.05, 0.1) is 12.5 Å². The van der Waals surface area contributed by atoms with Crippen molar-refractivity contribution >= 4 is 21.7 Å². The number of hydrogen-bond acceptors (Lipinski definition) is 5. The molecule has 110 valence electrons. The van der Waals surface area contributed by atoms with Crippen LogP contribution in [0.4, 0.5) is 0 Å². The second-order valence-corrected chi connectivity index (χ2v) is 7.19. The maximum absolute atomic E-state index is 12.0. The van der Waals surface area contributed by atoms with Gasteiger partial charge in [-0.25, -0.2) is 8.42 Å². The van der Waals surface area contributed by atoms with Crippen molar-refractivity contribution in [2.45, 2.75) is 31.9 Å². The Labute approximate surface area is 114 Å². The van der Waals surface area contributed by atoms with Crippen molar-refractivity contribution in [1.82, 2.24) is 4.90 Å². The molecular weight excluding hydrogens is 270 g/mol. The van der Waals surface area contributed by atoms with Crippen LogP contribution in [-0.4, -0.2) is 56.4 Å². The molecule has 1 aliphatic rings. The first-order valence-corrected chi connectivity index (χ1v) is 8.37. The Balaban J connectivity index is 2.55. The molecule has 0 spiro atoms. The Bertz CT molecular complexity index is 437. The predicted octanol–water partition coefficient (Wildman–Crippen LogP) is 0.221. The van der Waals surface area contributed by atoms with Crippen LogP contribution in [0.1, 0.15) is 26.7 Å². The first-order valence-electron chi connectivity index (χ1n) is 6.41. The summed E-state index contributed by atoms with van der Waals surface area (Å²) < 4.78 is 27.6. The van der Waals surface area contributed by atoms with Gasteiger partial charge in [0.25, 0.3) is 0 Å². The molecule has 0 saturated carbocycles. The first-order chi connectivity index (χ1) is 8.77. The fourth-order valence-corrected chi connectivity index (χ4v) is 2.55. The minimum atomic E-state index is -3.37. The van der Waals surface area contributed by atoms with E-state index in [9.17, 15) is 18.0 Å². The SMILES string of the molecule is CCOC(=O)C1CCN(C(=O)C(C)S(C)(=O)=O)CC1. The fourth-order valence-electron chi connectivity index (χ4n) is 2.04. The van der Waals surface area contributed by atoms with Crippen LogP contribution in [0.5, 0.6) is 0 Å². The highest BCUT2D eigenvalue weighted by molar-refractivity contribution is 7.92. The Morgan fingerprint density at radius 2 is 1.84 bits per heavy atom. The summed E-state index contributed by atoms with van der Waals surface area (Å²) in [4.78, 5) is 25.0. The van der Waals surface area contributed by atoms with E-state index in [0.717, 1.165) is 6.26 Å². The van der Waals surface area contributed by atoms with Gasteiger partial charge in [-0.1, -0.05) is 0 Å². The number of carbonyl (C=O) groups excluding carboxylic acids is 2. The lowest BCUT2D eigenvalue weighted by Gasteiger charge is -2.32. The number of carbonyl (C=O) groups is 2. The molecule has 1 heterocycles. The van der Waals surface area contributed by atoms with E-state index in [-0.39, 0.29) is 17.8 Å². The lowest BCUT2D eigenvalue weighted by atomic mass is 9.97. The van der Waals surface area contributed by atoms with E-state index >= 15 is 0 Å². The second kappa shape index (κ2) is 6.36. The molecule has 0 bridgehead atoms. The molecule has 6 nitrogen and oxygen atoms in total. The van der Waals surface area contributed by atoms with Gasteiger partial charge in [0.1, 0.15) is 5.25 Å². The third kappa shape index (κ3) is 4.19. The van der Waals surface area contributed by atoms with Gasteiger partial charge in [-0.3, -0.25) is 9.59 Å². The van der Waals surface area contributed by atoms with Crippen molar-refractivity contribution < 1.29 is 22.7 Å². The standard InChI is InChI=1S/C12H21NO5S/c1-4-18-12(15)10-5-7-13(8-6-10)11(14)9(2)19(3,16)17/h9-10H,4-8H2,1-3H3. The zero-order valence-corrected chi connectivity index (χ0v) is 12.4. The predicted molar refractivity (Wildman–Crippen MR) is 70.2 cm³/mol. The number of sulfone groups is 1. The van der Waals surface area contributed by atoms with Crippen molar-refractivity contribution in [1.29, 1.82) is 0 Å². The quantitative estimate of drug-likeness (QED) is 0.692. The zero-order chi connectivity index (χ0) is 14.6. The van der Waals surface area contributed by atoms with E-state index < -0.39 is 15.1 Å². The fraction of sp³-hybridized carbons (Fsp3) is 0.833. The van der Waals surface area contributed by atoms with Gasteiger partial charge in [-0.05, 0) is 26.7 Å². The minimum Gasteiger partial charge on any atom is -0.466 e. The van der Waals surface area contributed by atoms with Gasteiger partial charge in [-0.15, -0.1) is 0 Å². The van der Waals surface area contributed by atoms with E-state index in [1.807, 2.05) is 0 Å². The molecule has 1 amide bonds. The molecule has 1 saturated heterocycles. The van der Waals surface area contributed by atoms with E-state index in [2.05, 4.69) is 0 Å². The number of piperidine rings is 1. The Morgan fingerprint density at radius 1 is 1.32 bits per heavy atom. The van der Waals surface area contributed by atoms with Crippen molar-refractivity contribution in [2.24, 2.45) is 5.92 Å². The van der Waals surface area contributed by atoms with E-state index in [1.165, 1.54) is 11.8 Å². The zero-order valence-electron chi connectivity index (χ0n) is 11.6. The van der Waals surface area contributed by atoms with Crippen molar-refractivity contribution in [3.8, 4) is 0 Å². The maximum Gasteiger partial charge on any atom is 0.309 e. The van der Waals surface area contributed by atoms with Gasteiger partial charge < -0.3 is 9.64 Å². The number of amides is 1. The Kier molecular flexibility index (Phi) is 5.34. The monoisotopic (exact) mass is 291 g/mol. The van der Waals surface area contributed by atoms with E-state index in [4.69, 9.17) is 4.74 Å². The lowest BCUT2D eigenvalue weighted by molar-refractivity contribution is -0.151. The van der Waals surface area contributed by atoms with Crippen LogP contribution in [0.15, 0.2) is 0 Å². The van der Waals surface area contributed by atoms with Gasteiger partial charge in [0.2, 0.25) is 5.91 Å². The molecule has 0 aliphatic carbocycles. The normalized spacial score (nSPS) is 19.0. The summed E-state index contributed by atoms with van der Waals surface area (Å²) in [5.41, 5.74) is 0. The number of ether oxygens (including phenoxy) is 1. The highest BCUT2D eigenvalue weighted by atomic mass is 32.2. The number of rotatable bonds is 4. The first kappa shape index (κ1) is 15.9. The molecule has 19 heavy (non-hydrogen) atoms. The van der Waals surface area contributed by atoms with E-state index in [1.54, 1.807) is 6.92 Å². The van der Waals surface area contributed by atoms with Crippen LogP contribution < -0.4 is 0 Å². The lowest BCUT2D eigenvalue weighted by Crippen LogP contribution is -2.46. The number of esters is 1. The highest BCUT2D eigenvalue weighted by Gasteiger charge is 2.33. The van der Waals surface area contributed by atoms with Crippen molar-refractivity contribution in [3.05, 3.63) is 0 Å². The Morgan fingerprint density at radius 3 is 2.26 bits per heavy atom. The van der Waals surface area contributed by atoms with Gasteiger partial charge in [0.15, 0.2) is 9.84 Å². The molecule has 1 rings (SSSR count). The van der Waals surface area contributed by atoms with Gasteiger partial charge in [-0.2, -0.15) is 0 Å².